The Hall–Kier alpha value is -2.88. The summed E-state index contributed by atoms with van der Waals surface area (Å²) in [6.07, 6.45) is 0. The van der Waals surface area contributed by atoms with Crippen LogP contribution in [0.15, 0.2) is 99.2 Å². The van der Waals surface area contributed by atoms with Crippen molar-refractivity contribution in [2.75, 3.05) is 9.44 Å². The van der Waals surface area contributed by atoms with Crippen LogP contribution in [0.5, 0.6) is 0 Å². The number of aryl methyl sites for hydroxylation is 1. The predicted molar refractivity (Wildman–Crippen MR) is 131 cm³/mol. The second kappa shape index (κ2) is 8.57. The van der Waals surface area contributed by atoms with Crippen LogP contribution in [0.2, 0.25) is 0 Å². The number of sulfonamides is 2. The minimum Gasteiger partial charge on any atom is -0.280 e. The zero-order valence-electron chi connectivity index (χ0n) is 16.9. The first-order valence-electron chi connectivity index (χ1n) is 9.55. The number of hydrogen-bond acceptors (Lipinski definition) is 4. The van der Waals surface area contributed by atoms with E-state index in [-0.39, 0.29) is 15.5 Å². The number of rotatable bonds is 6. The van der Waals surface area contributed by atoms with Crippen LogP contribution >= 0.6 is 15.9 Å². The van der Waals surface area contributed by atoms with Gasteiger partial charge in [0.05, 0.1) is 15.5 Å². The van der Waals surface area contributed by atoms with Gasteiger partial charge in [0.15, 0.2) is 0 Å². The molecule has 0 fully saturated rings. The Labute approximate surface area is 195 Å². The van der Waals surface area contributed by atoms with Gasteiger partial charge in [-0.1, -0.05) is 52.3 Å². The van der Waals surface area contributed by atoms with E-state index >= 15 is 0 Å². The Morgan fingerprint density at radius 2 is 1.28 bits per heavy atom. The Bertz CT molecular complexity index is 1520. The number of halogens is 1. The maximum Gasteiger partial charge on any atom is 0.262 e. The molecule has 9 heteroatoms. The van der Waals surface area contributed by atoms with E-state index in [1.807, 2.05) is 24.3 Å². The molecule has 4 aromatic carbocycles. The molecule has 0 amide bonds. The van der Waals surface area contributed by atoms with E-state index in [4.69, 9.17) is 0 Å². The van der Waals surface area contributed by atoms with Gasteiger partial charge < -0.3 is 0 Å². The Kier molecular flexibility index (Phi) is 5.98. The van der Waals surface area contributed by atoms with Gasteiger partial charge in [-0.15, -0.1) is 0 Å². The molecular weight excluding hydrogens is 512 g/mol. The first-order valence-corrected chi connectivity index (χ1v) is 13.3. The lowest BCUT2D eigenvalue weighted by atomic mass is 10.1. The smallest absolute Gasteiger partial charge is 0.262 e. The molecule has 4 rings (SSSR count). The van der Waals surface area contributed by atoms with E-state index < -0.39 is 20.0 Å². The average Bonchev–Trinajstić information content (AvgIpc) is 2.76. The van der Waals surface area contributed by atoms with Crippen molar-refractivity contribution in [2.45, 2.75) is 16.7 Å². The molecule has 4 aromatic rings. The molecule has 0 heterocycles. The lowest BCUT2D eigenvalue weighted by Crippen LogP contribution is -2.16. The van der Waals surface area contributed by atoms with E-state index in [2.05, 4.69) is 25.4 Å². The van der Waals surface area contributed by atoms with E-state index in [9.17, 15) is 16.8 Å². The minimum absolute atomic E-state index is 0.0147. The molecule has 0 saturated heterocycles. The highest BCUT2D eigenvalue weighted by atomic mass is 79.9. The van der Waals surface area contributed by atoms with Crippen LogP contribution in [-0.2, 0) is 20.0 Å². The summed E-state index contributed by atoms with van der Waals surface area (Å²) < 4.78 is 57.6. The molecular formula is C23H19BrN2O4S2. The standard InChI is InChI=1S/C23H19BrN2O4S2/c1-16-6-10-21(15-23(16)32(29,30)25-20-11-8-19(24)9-12-20)26-31(27,28)22-13-7-17-4-2-3-5-18(17)14-22/h2-15,25-26H,1H3. The molecule has 0 aliphatic rings. The largest absolute Gasteiger partial charge is 0.280 e. The molecule has 0 atom stereocenters. The van der Waals surface area contributed by atoms with Crippen LogP contribution in [0.4, 0.5) is 11.4 Å². The van der Waals surface area contributed by atoms with Crippen molar-refractivity contribution < 1.29 is 16.8 Å². The quantitative estimate of drug-likeness (QED) is 0.343. The van der Waals surface area contributed by atoms with Gasteiger partial charge in [0, 0.05) is 10.2 Å². The molecule has 0 aliphatic heterocycles. The lowest BCUT2D eigenvalue weighted by Gasteiger charge is -2.14. The van der Waals surface area contributed by atoms with Crippen molar-refractivity contribution >= 4 is 58.1 Å². The Morgan fingerprint density at radius 1 is 0.656 bits per heavy atom. The molecule has 0 spiro atoms. The van der Waals surface area contributed by atoms with Crippen LogP contribution in [0.3, 0.4) is 0 Å². The third-order valence-electron chi connectivity index (χ3n) is 4.86. The van der Waals surface area contributed by atoms with Gasteiger partial charge in [0.25, 0.3) is 20.0 Å². The second-order valence-corrected chi connectivity index (χ2v) is 11.5. The highest BCUT2D eigenvalue weighted by molar-refractivity contribution is 9.10. The maximum atomic E-state index is 12.9. The van der Waals surface area contributed by atoms with Crippen molar-refractivity contribution in [2.24, 2.45) is 0 Å². The van der Waals surface area contributed by atoms with Crippen molar-refractivity contribution in [3.05, 3.63) is 95.0 Å². The fourth-order valence-electron chi connectivity index (χ4n) is 3.23. The molecule has 0 bridgehead atoms. The van der Waals surface area contributed by atoms with E-state index in [0.29, 0.717) is 11.3 Å². The first-order chi connectivity index (χ1) is 15.1. The van der Waals surface area contributed by atoms with Gasteiger partial charge in [0.1, 0.15) is 0 Å². The summed E-state index contributed by atoms with van der Waals surface area (Å²) in [7, 11) is -7.84. The molecule has 0 aliphatic carbocycles. The highest BCUT2D eigenvalue weighted by Crippen LogP contribution is 2.26. The third-order valence-corrected chi connectivity index (χ3v) is 8.29. The minimum atomic E-state index is -3.93. The van der Waals surface area contributed by atoms with Gasteiger partial charge >= 0.3 is 0 Å². The molecule has 0 saturated carbocycles. The predicted octanol–water partition coefficient (Wildman–Crippen LogP) is 5.51. The van der Waals surface area contributed by atoms with Crippen molar-refractivity contribution in [1.29, 1.82) is 0 Å². The summed E-state index contributed by atoms with van der Waals surface area (Å²) >= 11 is 3.31. The molecule has 0 radical (unpaired) electrons. The van der Waals surface area contributed by atoms with E-state index in [1.54, 1.807) is 49.4 Å². The fraction of sp³-hybridized carbons (Fsp3) is 0.0435. The molecule has 2 N–H and O–H groups in total. The van der Waals surface area contributed by atoms with Gasteiger partial charge in [-0.05, 0) is 71.8 Å². The van der Waals surface area contributed by atoms with Gasteiger partial charge in [0.2, 0.25) is 0 Å². The van der Waals surface area contributed by atoms with Crippen molar-refractivity contribution in [3.63, 3.8) is 0 Å². The highest BCUT2D eigenvalue weighted by Gasteiger charge is 2.20. The summed E-state index contributed by atoms with van der Waals surface area (Å²) in [6.45, 7) is 1.65. The van der Waals surface area contributed by atoms with Crippen molar-refractivity contribution in [1.82, 2.24) is 0 Å². The zero-order valence-corrected chi connectivity index (χ0v) is 20.1. The Balaban J connectivity index is 1.64. The van der Waals surface area contributed by atoms with Crippen LogP contribution < -0.4 is 9.44 Å². The summed E-state index contributed by atoms with van der Waals surface area (Å²) in [5.74, 6) is 0. The molecule has 6 nitrogen and oxygen atoms in total. The summed E-state index contributed by atoms with van der Waals surface area (Å²) in [5.41, 5.74) is 1.04. The van der Waals surface area contributed by atoms with Crippen LogP contribution in [-0.4, -0.2) is 16.8 Å². The zero-order chi connectivity index (χ0) is 22.9. The van der Waals surface area contributed by atoms with E-state index in [1.165, 1.54) is 18.2 Å². The number of benzene rings is 4. The molecule has 0 aromatic heterocycles. The average molecular weight is 531 g/mol. The number of anilines is 2. The van der Waals surface area contributed by atoms with E-state index in [0.717, 1.165) is 15.2 Å². The molecule has 164 valence electrons. The van der Waals surface area contributed by atoms with Gasteiger partial charge in [-0.2, -0.15) is 0 Å². The van der Waals surface area contributed by atoms with Crippen LogP contribution in [0.25, 0.3) is 10.8 Å². The summed E-state index contributed by atoms with van der Waals surface area (Å²) in [4.78, 5) is 0.0771. The fourth-order valence-corrected chi connectivity index (χ4v) is 5.91. The molecule has 32 heavy (non-hydrogen) atoms. The van der Waals surface area contributed by atoms with Gasteiger partial charge in [-0.3, -0.25) is 9.44 Å². The number of fused-ring (bicyclic) bond motifs is 1. The Morgan fingerprint density at radius 3 is 2.00 bits per heavy atom. The molecule has 0 unspecified atom stereocenters. The van der Waals surface area contributed by atoms with Gasteiger partial charge in [-0.25, -0.2) is 16.8 Å². The maximum absolute atomic E-state index is 12.9. The SMILES string of the molecule is Cc1ccc(NS(=O)(=O)c2ccc3ccccc3c2)cc1S(=O)(=O)Nc1ccc(Br)cc1. The van der Waals surface area contributed by atoms with Crippen molar-refractivity contribution in [3.8, 4) is 0 Å². The lowest BCUT2D eigenvalue weighted by molar-refractivity contribution is 0.598. The summed E-state index contributed by atoms with van der Waals surface area (Å²) in [5, 5.41) is 1.72. The topological polar surface area (TPSA) is 92.3 Å². The number of nitrogens with one attached hydrogen (secondary N) is 2. The monoisotopic (exact) mass is 530 g/mol. The summed E-state index contributed by atoms with van der Waals surface area (Å²) in [6, 6.07) is 23.4. The second-order valence-electron chi connectivity index (χ2n) is 7.21. The third kappa shape index (κ3) is 4.79. The normalized spacial score (nSPS) is 11.9. The first kappa shape index (κ1) is 22.3. The number of hydrogen-bond donors (Lipinski definition) is 2. The van der Waals surface area contributed by atoms with Crippen LogP contribution in [0.1, 0.15) is 5.56 Å². The van der Waals surface area contributed by atoms with Crippen LogP contribution in [0, 0.1) is 6.92 Å².